The maximum Gasteiger partial charge on any atom is 0.407 e. The lowest BCUT2D eigenvalue weighted by Gasteiger charge is -2.25. The van der Waals surface area contributed by atoms with E-state index in [0.29, 0.717) is 12.3 Å². The summed E-state index contributed by atoms with van der Waals surface area (Å²) in [6.07, 6.45) is 3.65. The second-order valence-electron chi connectivity index (χ2n) is 4.20. The van der Waals surface area contributed by atoms with Gasteiger partial charge in [-0.25, -0.2) is 4.79 Å². The number of nitriles is 1. The molecule has 14 heavy (non-hydrogen) atoms. The van der Waals surface area contributed by atoms with E-state index >= 15 is 0 Å². The molecule has 1 aliphatic heterocycles. The van der Waals surface area contributed by atoms with Crippen molar-refractivity contribution in [3.63, 3.8) is 0 Å². The van der Waals surface area contributed by atoms with Crippen LogP contribution in [0.3, 0.4) is 0 Å². The lowest BCUT2D eigenvalue weighted by Crippen LogP contribution is -2.40. The van der Waals surface area contributed by atoms with Crippen LogP contribution in [0.15, 0.2) is 0 Å². The fourth-order valence-corrected chi connectivity index (χ4v) is 2.98. The minimum Gasteiger partial charge on any atom is -0.465 e. The molecular formula is C10H14N2O2. The van der Waals surface area contributed by atoms with Crippen molar-refractivity contribution in [3.8, 4) is 6.07 Å². The zero-order chi connectivity index (χ0) is 10.1. The second-order valence-corrected chi connectivity index (χ2v) is 4.20. The predicted molar refractivity (Wildman–Crippen MR) is 49.6 cm³/mol. The smallest absolute Gasteiger partial charge is 0.407 e. The van der Waals surface area contributed by atoms with Crippen molar-refractivity contribution in [1.82, 2.24) is 4.90 Å². The summed E-state index contributed by atoms with van der Waals surface area (Å²) in [7, 11) is 0. The topological polar surface area (TPSA) is 64.3 Å². The average Bonchev–Trinajstić information content (AvgIpc) is 2.62. The average molecular weight is 194 g/mol. The van der Waals surface area contributed by atoms with Gasteiger partial charge in [0.05, 0.1) is 12.5 Å². The fourth-order valence-electron chi connectivity index (χ4n) is 2.98. The highest BCUT2D eigenvalue weighted by molar-refractivity contribution is 5.66. The molecule has 0 spiro atoms. The van der Waals surface area contributed by atoms with Crippen molar-refractivity contribution in [2.75, 3.05) is 0 Å². The third-order valence-corrected chi connectivity index (χ3v) is 3.49. The number of likely N-dealkylation sites (tertiary alicyclic amines) is 1. The van der Waals surface area contributed by atoms with Crippen LogP contribution in [0.5, 0.6) is 0 Å². The first-order valence-electron chi connectivity index (χ1n) is 5.12. The zero-order valence-electron chi connectivity index (χ0n) is 8.02. The molecule has 0 aromatic carbocycles. The van der Waals surface area contributed by atoms with Crippen molar-refractivity contribution >= 4 is 6.09 Å². The molecule has 4 heteroatoms. The van der Waals surface area contributed by atoms with Gasteiger partial charge in [-0.15, -0.1) is 0 Å². The molecule has 0 radical (unpaired) electrons. The first kappa shape index (κ1) is 9.32. The Balaban J connectivity index is 2.14. The number of nitrogens with zero attached hydrogens (tertiary/aromatic N) is 2. The maximum absolute atomic E-state index is 11.0. The van der Waals surface area contributed by atoms with Gasteiger partial charge in [0.15, 0.2) is 0 Å². The van der Waals surface area contributed by atoms with Gasteiger partial charge in [0.2, 0.25) is 0 Å². The molecule has 0 aromatic rings. The lowest BCUT2D eigenvalue weighted by molar-refractivity contribution is 0.121. The van der Waals surface area contributed by atoms with Gasteiger partial charge in [0.25, 0.3) is 0 Å². The van der Waals surface area contributed by atoms with Crippen molar-refractivity contribution in [1.29, 1.82) is 5.26 Å². The predicted octanol–water partition coefficient (Wildman–Crippen LogP) is 1.82. The van der Waals surface area contributed by atoms with Gasteiger partial charge in [-0.2, -0.15) is 5.26 Å². The fraction of sp³-hybridized carbons (Fsp3) is 0.800. The van der Waals surface area contributed by atoms with E-state index in [4.69, 9.17) is 10.4 Å². The van der Waals surface area contributed by atoms with Crippen LogP contribution in [0, 0.1) is 17.2 Å². The van der Waals surface area contributed by atoms with E-state index < -0.39 is 6.09 Å². The monoisotopic (exact) mass is 194 g/mol. The quantitative estimate of drug-likeness (QED) is 0.692. The van der Waals surface area contributed by atoms with Crippen LogP contribution in [0.2, 0.25) is 0 Å². The Kier molecular flexibility index (Phi) is 2.32. The normalized spacial score (nSPS) is 35.4. The summed E-state index contributed by atoms with van der Waals surface area (Å²) in [4.78, 5) is 12.6. The van der Waals surface area contributed by atoms with Crippen molar-refractivity contribution in [3.05, 3.63) is 0 Å². The molecular weight excluding hydrogens is 180 g/mol. The van der Waals surface area contributed by atoms with E-state index in [2.05, 4.69) is 6.07 Å². The Hall–Kier alpha value is -1.24. The van der Waals surface area contributed by atoms with Crippen LogP contribution in [-0.2, 0) is 0 Å². The van der Waals surface area contributed by atoms with Gasteiger partial charge in [-0.3, -0.25) is 0 Å². The van der Waals surface area contributed by atoms with Crippen LogP contribution in [-0.4, -0.2) is 28.2 Å². The molecule has 0 bridgehead atoms. The summed E-state index contributed by atoms with van der Waals surface area (Å²) in [6.45, 7) is 0. The first-order valence-corrected chi connectivity index (χ1v) is 5.12. The Morgan fingerprint density at radius 2 is 2.36 bits per heavy atom. The molecule has 1 saturated heterocycles. The lowest BCUT2D eigenvalue weighted by atomic mass is 10.0. The SMILES string of the molecule is N#CCC1CC2CCCC2N1C(=O)O. The number of hydrogen-bond acceptors (Lipinski definition) is 2. The number of rotatable bonds is 1. The van der Waals surface area contributed by atoms with E-state index in [0.717, 1.165) is 25.7 Å². The molecule has 1 N–H and O–H groups in total. The molecule has 1 heterocycles. The van der Waals surface area contributed by atoms with Crippen LogP contribution in [0.4, 0.5) is 4.79 Å². The molecule has 2 rings (SSSR count). The van der Waals surface area contributed by atoms with Crippen LogP contribution < -0.4 is 0 Å². The molecule has 3 unspecified atom stereocenters. The molecule has 2 aliphatic rings. The Labute approximate surface area is 83.1 Å². The molecule has 1 aliphatic carbocycles. The Morgan fingerprint density at radius 3 is 3.00 bits per heavy atom. The number of amides is 1. The van der Waals surface area contributed by atoms with Crippen LogP contribution >= 0.6 is 0 Å². The summed E-state index contributed by atoms with van der Waals surface area (Å²) in [6, 6.07) is 2.23. The largest absolute Gasteiger partial charge is 0.465 e. The molecule has 4 nitrogen and oxygen atoms in total. The number of fused-ring (bicyclic) bond motifs is 1. The molecule has 3 atom stereocenters. The van der Waals surface area contributed by atoms with Crippen LogP contribution in [0.1, 0.15) is 32.1 Å². The van der Waals surface area contributed by atoms with Crippen molar-refractivity contribution in [2.45, 2.75) is 44.2 Å². The standard InChI is InChI=1S/C10H14N2O2/c11-5-4-8-6-7-2-1-3-9(7)12(8)10(13)14/h7-9H,1-4,6H2,(H,13,14). The number of hydrogen-bond donors (Lipinski definition) is 1. The number of carbonyl (C=O) groups is 1. The Morgan fingerprint density at radius 1 is 1.57 bits per heavy atom. The van der Waals surface area contributed by atoms with E-state index in [1.54, 1.807) is 0 Å². The second kappa shape index (κ2) is 3.49. The van der Waals surface area contributed by atoms with Gasteiger partial charge >= 0.3 is 6.09 Å². The highest BCUT2D eigenvalue weighted by Crippen LogP contribution is 2.41. The summed E-state index contributed by atoms with van der Waals surface area (Å²) in [5.74, 6) is 0.518. The summed E-state index contributed by atoms with van der Waals surface area (Å²) in [5, 5.41) is 17.7. The van der Waals surface area contributed by atoms with Gasteiger partial charge in [0.1, 0.15) is 0 Å². The number of carboxylic acid groups (broad SMARTS) is 1. The third-order valence-electron chi connectivity index (χ3n) is 3.49. The van der Waals surface area contributed by atoms with Gasteiger partial charge in [0, 0.05) is 12.1 Å². The van der Waals surface area contributed by atoms with E-state index in [1.807, 2.05) is 0 Å². The maximum atomic E-state index is 11.0. The Bertz CT molecular complexity index is 284. The molecule has 76 valence electrons. The van der Waals surface area contributed by atoms with Crippen molar-refractivity contribution in [2.24, 2.45) is 5.92 Å². The van der Waals surface area contributed by atoms with Gasteiger partial charge in [-0.1, -0.05) is 6.42 Å². The van der Waals surface area contributed by atoms with E-state index in [-0.39, 0.29) is 12.1 Å². The first-order chi connectivity index (χ1) is 6.74. The van der Waals surface area contributed by atoms with Crippen molar-refractivity contribution < 1.29 is 9.90 Å². The molecule has 1 amide bonds. The summed E-state index contributed by atoms with van der Waals surface area (Å²) in [5.41, 5.74) is 0. The van der Waals surface area contributed by atoms with Gasteiger partial charge < -0.3 is 10.0 Å². The molecule has 2 fully saturated rings. The van der Waals surface area contributed by atoms with Gasteiger partial charge in [-0.05, 0) is 25.2 Å². The third kappa shape index (κ3) is 1.33. The summed E-state index contributed by atoms with van der Waals surface area (Å²) >= 11 is 0. The minimum absolute atomic E-state index is 0.0483. The summed E-state index contributed by atoms with van der Waals surface area (Å²) < 4.78 is 0. The molecule has 1 saturated carbocycles. The highest BCUT2D eigenvalue weighted by atomic mass is 16.4. The van der Waals surface area contributed by atoms with E-state index in [1.165, 1.54) is 4.90 Å². The van der Waals surface area contributed by atoms with E-state index in [9.17, 15) is 4.79 Å². The molecule has 0 aromatic heterocycles. The minimum atomic E-state index is -0.848. The highest BCUT2D eigenvalue weighted by Gasteiger charge is 2.45. The zero-order valence-corrected chi connectivity index (χ0v) is 8.02. The van der Waals surface area contributed by atoms with Crippen LogP contribution in [0.25, 0.3) is 0 Å².